The molecule has 6 rings (SSSR count). The van der Waals surface area contributed by atoms with Crippen LogP contribution in [0.25, 0.3) is 10.1 Å². The minimum absolute atomic E-state index is 0.0423. The van der Waals surface area contributed by atoms with Gasteiger partial charge in [0.2, 0.25) is 17.7 Å². The molecule has 2 aliphatic heterocycles. The molecule has 0 bridgehead atoms. The van der Waals surface area contributed by atoms with Gasteiger partial charge >= 0.3 is 11.9 Å². The fourth-order valence-electron chi connectivity index (χ4n) is 7.11. The van der Waals surface area contributed by atoms with E-state index in [4.69, 9.17) is 30.2 Å². The number of rotatable bonds is 17. The number of halogens is 2. The first-order chi connectivity index (χ1) is 27.3. The molecule has 300 valence electrons. The summed E-state index contributed by atoms with van der Waals surface area (Å²) in [6.45, 7) is -0.0397. The van der Waals surface area contributed by atoms with Crippen LogP contribution in [0.5, 0.6) is 23.0 Å². The highest BCUT2D eigenvalue weighted by Crippen LogP contribution is 2.41. The van der Waals surface area contributed by atoms with Crippen LogP contribution in [0.15, 0.2) is 18.2 Å². The van der Waals surface area contributed by atoms with E-state index in [9.17, 15) is 28.8 Å². The van der Waals surface area contributed by atoms with Gasteiger partial charge in [-0.15, -0.1) is 11.3 Å². The van der Waals surface area contributed by atoms with Gasteiger partial charge in [0.15, 0.2) is 40.4 Å². The third kappa shape index (κ3) is 8.87. The molecule has 3 amide bonds. The second-order valence-electron chi connectivity index (χ2n) is 13.7. The standard InChI is InChI=1S/C39H42F2N2O12S/c1-51-27-16-21-19-42(31(45)11-12-34(48)49)20-25(21)37(41)38(27)53-14-3-15-54-39-28(52-2)18-29-24(36(39)40)17-30(56-29)26(44)8-13-35(50)55-23-6-4-22(5-7-23)43-32(46)9-10-33(43)47/h16-18,22-23H,3-15,19-20H2,1-2H3,(H,48,49)/i9T. The Hall–Kier alpha value is -5.32. The van der Waals surface area contributed by atoms with E-state index in [0.717, 1.165) is 11.3 Å². The highest BCUT2D eigenvalue weighted by atomic mass is 32.1. The van der Waals surface area contributed by atoms with Crippen LogP contribution in [0.1, 0.15) is 92.8 Å². The molecule has 17 heteroatoms. The molecule has 0 radical (unpaired) electrons. The summed E-state index contributed by atoms with van der Waals surface area (Å²) in [7, 11) is 2.69. The second kappa shape index (κ2) is 17.6. The van der Waals surface area contributed by atoms with E-state index in [-0.39, 0.29) is 121 Å². The first-order valence-corrected chi connectivity index (χ1v) is 19.0. The number of fused-ring (bicyclic) bond motifs is 2. The van der Waals surface area contributed by atoms with Gasteiger partial charge in [0.05, 0.1) is 45.2 Å². The van der Waals surface area contributed by atoms with Crippen molar-refractivity contribution in [2.75, 3.05) is 27.4 Å². The van der Waals surface area contributed by atoms with Gasteiger partial charge in [0.25, 0.3) is 0 Å². The molecule has 1 unspecified atom stereocenters. The zero-order chi connectivity index (χ0) is 41.0. The summed E-state index contributed by atoms with van der Waals surface area (Å²) in [5, 5.41) is 9.01. The molecule has 1 aromatic heterocycles. The first-order valence-electron chi connectivity index (χ1n) is 18.8. The monoisotopic (exact) mass is 802 g/mol. The number of hydrogen-bond acceptors (Lipinski definition) is 12. The van der Waals surface area contributed by atoms with Crippen LogP contribution in [-0.4, -0.2) is 89.9 Å². The number of hydrogen-bond donors (Lipinski definition) is 1. The molecule has 14 nitrogen and oxygen atoms in total. The van der Waals surface area contributed by atoms with Crippen molar-refractivity contribution in [1.29, 1.82) is 0 Å². The van der Waals surface area contributed by atoms with Crippen LogP contribution in [0, 0.1) is 11.6 Å². The first kappa shape index (κ1) is 38.9. The SMILES string of the molecule is [3H]C1CC(=O)N(C2CCC(OC(=O)CCC(=O)c3cc4c(F)c(OCCCOc5c(OC)cc6c(c5F)CN(C(=O)CCC(=O)O)C6)c(OC)cc4s3)CC2)C1=O. The summed E-state index contributed by atoms with van der Waals surface area (Å²) < 4.78 is 67.2. The smallest absolute Gasteiger partial charge is 0.306 e. The lowest BCUT2D eigenvalue weighted by molar-refractivity contribution is -0.153. The number of carboxylic acids is 1. The van der Waals surface area contributed by atoms with Crippen molar-refractivity contribution in [3.8, 4) is 23.0 Å². The quantitative estimate of drug-likeness (QED) is 0.0762. The van der Waals surface area contributed by atoms with E-state index < -0.39 is 47.9 Å². The number of ether oxygens (including phenoxy) is 5. The van der Waals surface area contributed by atoms with E-state index in [0.29, 0.717) is 35.9 Å². The number of likely N-dealkylation sites (tertiary alicyclic amines) is 1. The molecule has 2 aromatic carbocycles. The highest BCUT2D eigenvalue weighted by molar-refractivity contribution is 7.20. The molecule has 1 saturated heterocycles. The van der Waals surface area contributed by atoms with Crippen molar-refractivity contribution in [3.63, 3.8) is 0 Å². The predicted molar refractivity (Wildman–Crippen MR) is 195 cm³/mol. The Balaban J connectivity index is 0.990. The number of carboxylic acid groups (broad SMARTS) is 1. The van der Waals surface area contributed by atoms with Crippen molar-refractivity contribution < 1.29 is 67.7 Å². The summed E-state index contributed by atoms with van der Waals surface area (Å²) in [5.74, 6) is -4.88. The highest BCUT2D eigenvalue weighted by Gasteiger charge is 2.37. The van der Waals surface area contributed by atoms with E-state index in [1.54, 1.807) is 12.1 Å². The average molecular weight is 803 g/mol. The fourth-order valence-corrected chi connectivity index (χ4v) is 8.16. The average Bonchev–Trinajstić information content (AvgIpc) is 3.89. The molecule has 1 aliphatic carbocycles. The minimum Gasteiger partial charge on any atom is -0.493 e. The summed E-state index contributed by atoms with van der Waals surface area (Å²) in [6.07, 6.45) is -0.451. The Labute approximate surface area is 326 Å². The normalized spacial score (nSPS) is 19.5. The lowest BCUT2D eigenvalue weighted by Crippen LogP contribution is -2.42. The number of Topliss-reactive ketones (excluding diaryl/α,β-unsaturated/α-hetero) is 1. The molecule has 1 N–H and O–H groups in total. The van der Waals surface area contributed by atoms with Gasteiger partial charge < -0.3 is 33.7 Å². The van der Waals surface area contributed by atoms with Gasteiger partial charge in [-0.2, -0.15) is 0 Å². The number of carbonyl (C=O) groups excluding carboxylic acids is 5. The maximum absolute atomic E-state index is 15.8. The number of aliphatic carboxylic acids is 1. The zero-order valence-corrected chi connectivity index (χ0v) is 31.7. The van der Waals surface area contributed by atoms with Crippen molar-refractivity contribution in [3.05, 3.63) is 45.8 Å². The van der Waals surface area contributed by atoms with E-state index >= 15 is 8.78 Å². The van der Waals surface area contributed by atoms with Crippen LogP contribution in [0.4, 0.5) is 8.78 Å². The summed E-state index contributed by atoms with van der Waals surface area (Å²) in [5.41, 5.74) is 0.770. The molecular formula is C39H42F2N2O12S. The molecule has 1 saturated carbocycles. The molecule has 2 fully saturated rings. The molecule has 0 spiro atoms. The van der Waals surface area contributed by atoms with Crippen LogP contribution in [-0.2, 0) is 41.8 Å². The fraction of sp³-hybridized carbons (Fsp3) is 0.487. The predicted octanol–water partition coefficient (Wildman–Crippen LogP) is 5.72. The van der Waals surface area contributed by atoms with Crippen molar-refractivity contribution >= 4 is 56.9 Å². The zero-order valence-electron chi connectivity index (χ0n) is 31.9. The largest absolute Gasteiger partial charge is 0.493 e. The second-order valence-corrected chi connectivity index (χ2v) is 14.7. The summed E-state index contributed by atoms with van der Waals surface area (Å²) in [4.78, 5) is 76.1. The summed E-state index contributed by atoms with van der Waals surface area (Å²) in [6, 6.07) is 4.20. The number of carbonyl (C=O) groups is 6. The maximum Gasteiger partial charge on any atom is 0.306 e. The number of ketones is 1. The number of methoxy groups -OCH3 is 2. The van der Waals surface area contributed by atoms with Gasteiger partial charge in [0.1, 0.15) is 6.10 Å². The summed E-state index contributed by atoms with van der Waals surface area (Å²) >= 11 is 1.04. The van der Waals surface area contributed by atoms with Gasteiger partial charge in [-0.1, -0.05) is 0 Å². The molecule has 1 atom stereocenters. The number of imide groups is 1. The topological polar surface area (TPSA) is 175 Å². The molecular weight excluding hydrogens is 758 g/mol. The molecule has 3 aromatic rings. The van der Waals surface area contributed by atoms with Crippen molar-refractivity contribution in [2.45, 2.75) is 95.8 Å². The van der Waals surface area contributed by atoms with Gasteiger partial charge in [-0.05, 0) is 43.4 Å². The molecule has 56 heavy (non-hydrogen) atoms. The van der Waals surface area contributed by atoms with E-state index in [1.807, 2.05) is 0 Å². The Bertz CT molecular complexity index is 2090. The van der Waals surface area contributed by atoms with Crippen LogP contribution in [0.3, 0.4) is 0 Å². The Morgan fingerprint density at radius 3 is 2.20 bits per heavy atom. The molecule has 3 aliphatic rings. The minimum atomic E-state index is -1.10. The lowest BCUT2D eigenvalue weighted by Gasteiger charge is -2.33. The van der Waals surface area contributed by atoms with Crippen LogP contribution < -0.4 is 18.9 Å². The van der Waals surface area contributed by atoms with Gasteiger partial charge in [-0.25, -0.2) is 8.78 Å². The van der Waals surface area contributed by atoms with E-state index in [1.165, 1.54) is 30.1 Å². The number of nitrogens with zero attached hydrogens (tertiary/aromatic N) is 2. The number of amides is 3. The van der Waals surface area contributed by atoms with Crippen molar-refractivity contribution in [1.82, 2.24) is 9.80 Å². The molecule has 3 heterocycles. The maximum atomic E-state index is 15.8. The van der Waals surface area contributed by atoms with Crippen LogP contribution in [0.2, 0.25) is 0 Å². The third-order valence-electron chi connectivity index (χ3n) is 10.00. The third-order valence-corrected chi connectivity index (χ3v) is 11.1. The van der Waals surface area contributed by atoms with Crippen LogP contribution >= 0.6 is 11.3 Å². The van der Waals surface area contributed by atoms with Crippen molar-refractivity contribution in [2.24, 2.45) is 0 Å². The Morgan fingerprint density at radius 1 is 0.875 bits per heavy atom. The number of benzene rings is 2. The van der Waals surface area contributed by atoms with Gasteiger partial charge in [0, 0.05) is 74.3 Å². The van der Waals surface area contributed by atoms with E-state index in [2.05, 4.69) is 0 Å². The number of thiophene rings is 1. The lowest BCUT2D eigenvalue weighted by atomic mass is 9.92. The Kier molecular flexibility index (Phi) is 12.3. The Morgan fingerprint density at radius 2 is 1.55 bits per heavy atom. The number of esters is 1. The van der Waals surface area contributed by atoms with Gasteiger partial charge in [-0.3, -0.25) is 33.7 Å².